The number of hydrogen-bond acceptors (Lipinski definition) is 4. The van der Waals surface area contributed by atoms with Gasteiger partial charge in [-0.2, -0.15) is 0 Å². The van der Waals surface area contributed by atoms with Crippen LogP contribution >= 0.6 is 0 Å². The van der Waals surface area contributed by atoms with Crippen molar-refractivity contribution in [3.63, 3.8) is 0 Å². The van der Waals surface area contributed by atoms with Gasteiger partial charge in [-0.05, 0) is 49.1 Å². The minimum absolute atomic E-state index is 0.343. The summed E-state index contributed by atoms with van der Waals surface area (Å²) < 4.78 is 5.25. The fourth-order valence-corrected chi connectivity index (χ4v) is 3.24. The van der Waals surface area contributed by atoms with Gasteiger partial charge in [0, 0.05) is 25.4 Å². The predicted octanol–water partition coefficient (Wildman–Crippen LogP) is 2.85. The van der Waals surface area contributed by atoms with Gasteiger partial charge < -0.3 is 9.84 Å². The number of ether oxygens (including phenoxy) is 1. The van der Waals surface area contributed by atoms with E-state index < -0.39 is 5.97 Å². The lowest BCUT2D eigenvalue weighted by molar-refractivity contribution is 0.0697. The highest BCUT2D eigenvalue weighted by atomic mass is 16.5. The summed E-state index contributed by atoms with van der Waals surface area (Å²) >= 11 is 0. The first-order chi connectivity index (χ1) is 11.6. The molecule has 1 N–H and O–H groups in total. The summed E-state index contributed by atoms with van der Waals surface area (Å²) in [5.74, 6) is 0.569. The number of methoxy groups -OCH3 is 1. The molecule has 0 aliphatic carbocycles. The molecule has 1 aromatic heterocycles. The molecule has 1 atom stereocenters. The van der Waals surface area contributed by atoms with Crippen LogP contribution in [0.5, 0.6) is 5.75 Å². The van der Waals surface area contributed by atoms with Crippen LogP contribution in [0.3, 0.4) is 0 Å². The van der Waals surface area contributed by atoms with E-state index >= 15 is 0 Å². The van der Waals surface area contributed by atoms with Gasteiger partial charge in [0.15, 0.2) is 0 Å². The summed E-state index contributed by atoms with van der Waals surface area (Å²) in [4.78, 5) is 17.7. The smallest absolute Gasteiger partial charge is 0.335 e. The van der Waals surface area contributed by atoms with E-state index in [1.165, 1.54) is 5.56 Å². The zero-order valence-electron chi connectivity index (χ0n) is 13.8. The van der Waals surface area contributed by atoms with Crippen LogP contribution < -0.4 is 4.74 Å². The van der Waals surface area contributed by atoms with Gasteiger partial charge in [-0.15, -0.1) is 0 Å². The monoisotopic (exact) mass is 326 g/mol. The number of carboxylic acids is 1. The standard InChI is InChI=1S/C19H22N2O3/c1-24-18-6-8-20-17(11-18)13-21-9-7-15(12-21)10-14-2-4-16(5-3-14)19(22)23/h2-6,8,11,15H,7,9-10,12-13H2,1H3,(H,22,23)/t15-/m1/s1. The lowest BCUT2D eigenvalue weighted by Crippen LogP contribution is -2.21. The van der Waals surface area contributed by atoms with E-state index in [1.807, 2.05) is 24.3 Å². The second kappa shape index (κ2) is 7.45. The van der Waals surface area contributed by atoms with Crippen molar-refractivity contribution < 1.29 is 14.6 Å². The van der Waals surface area contributed by atoms with Crippen molar-refractivity contribution in [2.75, 3.05) is 20.2 Å². The molecule has 2 aromatic rings. The van der Waals surface area contributed by atoms with Gasteiger partial charge >= 0.3 is 5.97 Å². The first kappa shape index (κ1) is 16.5. The first-order valence-electron chi connectivity index (χ1n) is 8.17. The molecule has 0 amide bonds. The Labute approximate surface area is 141 Å². The fourth-order valence-electron chi connectivity index (χ4n) is 3.24. The normalized spacial score (nSPS) is 17.8. The van der Waals surface area contributed by atoms with E-state index in [9.17, 15) is 4.79 Å². The Kier molecular flexibility index (Phi) is 5.11. The average Bonchev–Trinajstić information content (AvgIpc) is 3.02. The highest BCUT2D eigenvalue weighted by Crippen LogP contribution is 2.23. The minimum atomic E-state index is -0.876. The zero-order valence-corrected chi connectivity index (χ0v) is 13.8. The molecule has 24 heavy (non-hydrogen) atoms. The summed E-state index contributed by atoms with van der Waals surface area (Å²) in [6.45, 7) is 2.95. The third kappa shape index (κ3) is 4.11. The van der Waals surface area contributed by atoms with Gasteiger partial charge in [-0.1, -0.05) is 12.1 Å². The Bertz CT molecular complexity index is 700. The maximum absolute atomic E-state index is 10.9. The number of hydrogen-bond donors (Lipinski definition) is 1. The molecular formula is C19H22N2O3. The summed E-state index contributed by atoms with van der Waals surface area (Å²) in [7, 11) is 1.67. The summed E-state index contributed by atoms with van der Waals surface area (Å²) in [5, 5.41) is 8.95. The van der Waals surface area contributed by atoms with Gasteiger partial charge in [0.2, 0.25) is 0 Å². The van der Waals surface area contributed by atoms with Gasteiger partial charge in [-0.25, -0.2) is 4.79 Å². The Morgan fingerprint density at radius 3 is 2.83 bits per heavy atom. The number of likely N-dealkylation sites (tertiary alicyclic amines) is 1. The summed E-state index contributed by atoms with van der Waals surface area (Å²) in [6.07, 6.45) is 3.93. The van der Waals surface area contributed by atoms with Crippen LogP contribution in [0, 0.1) is 5.92 Å². The molecule has 2 heterocycles. The lowest BCUT2D eigenvalue weighted by atomic mass is 9.98. The largest absolute Gasteiger partial charge is 0.497 e. The van der Waals surface area contributed by atoms with Crippen molar-refractivity contribution in [1.82, 2.24) is 9.88 Å². The average molecular weight is 326 g/mol. The van der Waals surface area contributed by atoms with Crippen molar-refractivity contribution in [2.45, 2.75) is 19.4 Å². The number of carboxylic acid groups (broad SMARTS) is 1. The van der Waals surface area contributed by atoms with Gasteiger partial charge in [0.25, 0.3) is 0 Å². The van der Waals surface area contributed by atoms with E-state index in [2.05, 4.69) is 9.88 Å². The summed E-state index contributed by atoms with van der Waals surface area (Å²) in [6, 6.07) is 11.1. The van der Waals surface area contributed by atoms with Crippen LogP contribution in [0.25, 0.3) is 0 Å². The van der Waals surface area contributed by atoms with E-state index in [0.29, 0.717) is 11.5 Å². The number of carbonyl (C=O) groups is 1. The van der Waals surface area contributed by atoms with Crippen LogP contribution in [0.15, 0.2) is 42.6 Å². The van der Waals surface area contributed by atoms with Crippen LogP contribution in [0.1, 0.15) is 28.0 Å². The van der Waals surface area contributed by atoms with Gasteiger partial charge in [-0.3, -0.25) is 9.88 Å². The number of benzene rings is 1. The number of nitrogens with zero attached hydrogens (tertiary/aromatic N) is 2. The van der Waals surface area contributed by atoms with Crippen LogP contribution in [-0.2, 0) is 13.0 Å². The Morgan fingerprint density at radius 2 is 2.12 bits per heavy atom. The van der Waals surface area contributed by atoms with Gasteiger partial charge in [0.1, 0.15) is 5.75 Å². The molecular weight excluding hydrogens is 304 g/mol. The van der Waals surface area contributed by atoms with E-state index in [-0.39, 0.29) is 0 Å². The van der Waals surface area contributed by atoms with Crippen LogP contribution in [0.2, 0.25) is 0 Å². The van der Waals surface area contributed by atoms with Crippen molar-refractivity contribution in [1.29, 1.82) is 0 Å². The number of pyridine rings is 1. The molecule has 0 bridgehead atoms. The Morgan fingerprint density at radius 1 is 1.33 bits per heavy atom. The lowest BCUT2D eigenvalue weighted by Gasteiger charge is -2.16. The molecule has 1 aromatic carbocycles. The molecule has 1 aliphatic rings. The quantitative estimate of drug-likeness (QED) is 0.884. The second-order valence-corrected chi connectivity index (χ2v) is 6.28. The first-order valence-corrected chi connectivity index (χ1v) is 8.17. The van der Waals surface area contributed by atoms with E-state index in [4.69, 9.17) is 9.84 Å². The van der Waals surface area contributed by atoms with Crippen molar-refractivity contribution in [3.05, 3.63) is 59.4 Å². The fraction of sp³-hybridized carbons (Fsp3) is 0.368. The molecule has 0 radical (unpaired) electrons. The second-order valence-electron chi connectivity index (χ2n) is 6.28. The third-order valence-electron chi connectivity index (χ3n) is 4.50. The zero-order chi connectivity index (χ0) is 16.9. The predicted molar refractivity (Wildman–Crippen MR) is 91.3 cm³/mol. The van der Waals surface area contributed by atoms with Crippen LogP contribution in [0.4, 0.5) is 0 Å². The molecule has 0 spiro atoms. The Hall–Kier alpha value is -2.40. The maximum atomic E-state index is 10.9. The van der Waals surface area contributed by atoms with Crippen LogP contribution in [-0.4, -0.2) is 41.2 Å². The SMILES string of the molecule is COc1ccnc(CN2CC[C@H](Cc3ccc(C(=O)O)cc3)C2)c1. The number of aromatic carboxylic acids is 1. The third-order valence-corrected chi connectivity index (χ3v) is 4.50. The molecule has 1 aliphatic heterocycles. The van der Waals surface area contributed by atoms with Gasteiger partial charge in [0.05, 0.1) is 18.4 Å². The maximum Gasteiger partial charge on any atom is 0.335 e. The molecule has 126 valence electrons. The molecule has 5 nitrogen and oxygen atoms in total. The van der Waals surface area contributed by atoms with E-state index in [0.717, 1.165) is 43.9 Å². The highest BCUT2D eigenvalue weighted by molar-refractivity contribution is 5.87. The van der Waals surface area contributed by atoms with Crippen molar-refractivity contribution in [3.8, 4) is 5.75 Å². The molecule has 0 saturated carbocycles. The molecule has 0 unspecified atom stereocenters. The molecule has 1 saturated heterocycles. The Balaban J connectivity index is 1.54. The van der Waals surface area contributed by atoms with Crippen molar-refractivity contribution in [2.24, 2.45) is 5.92 Å². The molecule has 3 rings (SSSR count). The molecule has 5 heteroatoms. The highest BCUT2D eigenvalue weighted by Gasteiger charge is 2.23. The summed E-state index contributed by atoms with van der Waals surface area (Å²) in [5.41, 5.74) is 2.57. The van der Waals surface area contributed by atoms with Crippen molar-refractivity contribution >= 4 is 5.97 Å². The topological polar surface area (TPSA) is 62.7 Å². The van der Waals surface area contributed by atoms with E-state index in [1.54, 1.807) is 25.4 Å². The number of rotatable bonds is 6. The minimum Gasteiger partial charge on any atom is -0.497 e. The molecule has 1 fully saturated rings. The number of aromatic nitrogens is 1.